The van der Waals surface area contributed by atoms with E-state index in [0.29, 0.717) is 17.1 Å². The van der Waals surface area contributed by atoms with Crippen molar-refractivity contribution in [3.8, 4) is 11.8 Å². The Bertz CT molecular complexity index is 868. The molecule has 0 bridgehead atoms. The summed E-state index contributed by atoms with van der Waals surface area (Å²) < 4.78 is 0. The van der Waals surface area contributed by atoms with E-state index in [1.54, 1.807) is 0 Å². The Balaban J connectivity index is 2.21. The summed E-state index contributed by atoms with van der Waals surface area (Å²) in [7, 11) is 1.92. The van der Waals surface area contributed by atoms with Crippen LogP contribution in [0.25, 0.3) is 0 Å². The van der Waals surface area contributed by atoms with Gasteiger partial charge in [0.05, 0.1) is 10.6 Å². The number of likely N-dealkylation sites (N-methyl/N-ethyl adjacent to an activating group) is 1. The van der Waals surface area contributed by atoms with Crippen molar-refractivity contribution >= 4 is 34.6 Å². The number of rotatable bonds is 5. The summed E-state index contributed by atoms with van der Waals surface area (Å²) >= 11 is 7.24. The number of hydrogen-bond donors (Lipinski definition) is 1. The minimum Gasteiger partial charge on any atom is -0.477 e. The maximum atomic E-state index is 11.6. The van der Waals surface area contributed by atoms with Crippen LogP contribution in [-0.4, -0.2) is 24.7 Å². The highest BCUT2D eigenvalue weighted by Gasteiger charge is 2.18. The van der Waals surface area contributed by atoms with Crippen molar-refractivity contribution in [1.29, 1.82) is 0 Å². The first kappa shape index (κ1) is 20.4. The molecule has 1 aromatic heterocycles. The van der Waals surface area contributed by atoms with E-state index < -0.39 is 5.97 Å². The Morgan fingerprint density at radius 1 is 1.31 bits per heavy atom. The van der Waals surface area contributed by atoms with E-state index in [2.05, 4.69) is 11.8 Å². The van der Waals surface area contributed by atoms with Gasteiger partial charge in [0.15, 0.2) is 0 Å². The molecule has 0 amide bonds. The van der Waals surface area contributed by atoms with Crippen molar-refractivity contribution in [2.45, 2.75) is 34.1 Å². The normalized spacial score (nSPS) is 11.0. The van der Waals surface area contributed by atoms with E-state index in [9.17, 15) is 9.90 Å². The lowest BCUT2D eigenvalue weighted by Crippen LogP contribution is -2.21. The fourth-order valence-electron chi connectivity index (χ4n) is 2.48. The number of hydrogen-bond acceptors (Lipinski definition) is 3. The van der Waals surface area contributed by atoms with Gasteiger partial charge in [-0.15, -0.1) is 11.3 Å². The minimum absolute atomic E-state index is 0.119. The van der Waals surface area contributed by atoms with Crippen molar-refractivity contribution in [3.63, 3.8) is 0 Å². The lowest BCUT2D eigenvalue weighted by atomic mass is 9.98. The van der Waals surface area contributed by atoms with Gasteiger partial charge in [-0.05, 0) is 63.4 Å². The molecule has 0 aliphatic rings. The molecule has 1 aromatic carbocycles. The molecule has 0 aliphatic heterocycles. The highest BCUT2D eigenvalue weighted by Crippen LogP contribution is 2.30. The number of carboxylic acid groups (broad SMARTS) is 1. The molecule has 0 aliphatic carbocycles. The van der Waals surface area contributed by atoms with Gasteiger partial charge < -0.3 is 10.0 Å². The molecular weight excluding hydrogens is 366 g/mol. The van der Waals surface area contributed by atoms with Crippen LogP contribution in [0.4, 0.5) is 5.69 Å². The van der Waals surface area contributed by atoms with E-state index in [-0.39, 0.29) is 5.41 Å². The van der Waals surface area contributed by atoms with Crippen molar-refractivity contribution in [2.75, 3.05) is 18.5 Å². The van der Waals surface area contributed by atoms with Crippen LogP contribution in [0.3, 0.4) is 0 Å². The SMILES string of the molecule is Cc1cc(Cl)ccc1CCN(C)c1cc(C#CC(C)(C)C)sc1C(=O)O. The van der Waals surface area contributed by atoms with Crippen molar-refractivity contribution < 1.29 is 9.90 Å². The lowest BCUT2D eigenvalue weighted by molar-refractivity contribution is 0.0703. The zero-order chi connectivity index (χ0) is 19.5. The maximum absolute atomic E-state index is 11.6. The van der Waals surface area contributed by atoms with Crippen LogP contribution in [0.5, 0.6) is 0 Å². The van der Waals surface area contributed by atoms with E-state index in [1.165, 1.54) is 16.9 Å². The standard InChI is InChI=1S/C21H24ClNO2S/c1-14-12-16(22)7-6-15(14)9-11-23(5)18-13-17(8-10-21(2,3)4)26-19(18)20(24)25/h6-7,12-13H,9,11H2,1-5H3,(H,24,25). The van der Waals surface area contributed by atoms with E-state index >= 15 is 0 Å². The van der Waals surface area contributed by atoms with E-state index in [4.69, 9.17) is 11.6 Å². The first-order valence-electron chi connectivity index (χ1n) is 8.43. The van der Waals surface area contributed by atoms with Gasteiger partial charge in [0, 0.05) is 24.0 Å². The molecule has 138 valence electrons. The van der Waals surface area contributed by atoms with Gasteiger partial charge in [-0.3, -0.25) is 0 Å². The number of aryl methyl sites for hydroxylation is 1. The van der Waals surface area contributed by atoms with Crippen molar-refractivity contribution in [1.82, 2.24) is 0 Å². The van der Waals surface area contributed by atoms with Gasteiger partial charge in [0.1, 0.15) is 4.88 Å². The molecular formula is C21H24ClNO2S. The second-order valence-corrected chi connectivity index (χ2v) is 8.86. The monoisotopic (exact) mass is 389 g/mol. The minimum atomic E-state index is -0.914. The van der Waals surface area contributed by atoms with Crippen LogP contribution < -0.4 is 4.90 Å². The average Bonchev–Trinajstić information content (AvgIpc) is 2.96. The summed E-state index contributed by atoms with van der Waals surface area (Å²) in [6, 6.07) is 7.74. The molecule has 0 spiro atoms. The quantitative estimate of drug-likeness (QED) is 0.688. The number of nitrogens with zero attached hydrogens (tertiary/aromatic N) is 1. The van der Waals surface area contributed by atoms with Crippen LogP contribution in [0.1, 0.15) is 46.4 Å². The van der Waals surface area contributed by atoms with E-state index in [1.807, 2.05) is 63.9 Å². The van der Waals surface area contributed by atoms with Gasteiger partial charge in [-0.1, -0.05) is 29.5 Å². The molecule has 1 N–H and O–H groups in total. The molecule has 5 heteroatoms. The summed E-state index contributed by atoms with van der Waals surface area (Å²) in [5.74, 6) is 5.36. The second kappa shape index (κ2) is 8.16. The lowest BCUT2D eigenvalue weighted by Gasteiger charge is -2.19. The van der Waals surface area contributed by atoms with Gasteiger partial charge in [-0.25, -0.2) is 4.79 Å². The van der Waals surface area contributed by atoms with Crippen LogP contribution >= 0.6 is 22.9 Å². The Morgan fingerprint density at radius 3 is 2.58 bits per heavy atom. The molecule has 1 heterocycles. The molecule has 2 rings (SSSR count). The van der Waals surface area contributed by atoms with Crippen LogP contribution in [0.2, 0.25) is 5.02 Å². The van der Waals surface area contributed by atoms with Gasteiger partial charge >= 0.3 is 5.97 Å². The predicted octanol–water partition coefficient (Wildman–Crippen LogP) is 5.48. The molecule has 0 radical (unpaired) electrons. The second-order valence-electron chi connectivity index (χ2n) is 7.37. The van der Waals surface area contributed by atoms with Gasteiger partial charge in [0.2, 0.25) is 0 Å². The molecule has 0 atom stereocenters. The number of anilines is 1. The number of carboxylic acids is 1. The largest absolute Gasteiger partial charge is 0.477 e. The summed E-state index contributed by atoms with van der Waals surface area (Å²) in [4.78, 5) is 14.7. The van der Waals surface area contributed by atoms with E-state index in [0.717, 1.165) is 21.9 Å². The summed E-state index contributed by atoms with van der Waals surface area (Å²) in [5.41, 5.74) is 2.95. The van der Waals surface area contributed by atoms with Crippen LogP contribution in [-0.2, 0) is 6.42 Å². The molecule has 0 fully saturated rings. The zero-order valence-electron chi connectivity index (χ0n) is 15.8. The first-order chi connectivity index (χ1) is 12.1. The number of benzene rings is 1. The smallest absolute Gasteiger partial charge is 0.348 e. The third-order valence-electron chi connectivity index (χ3n) is 3.90. The molecule has 3 nitrogen and oxygen atoms in total. The fraction of sp³-hybridized carbons (Fsp3) is 0.381. The van der Waals surface area contributed by atoms with Gasteiger partial charge in [0.25, 0.3) is 0 Å². The first-order valence-corrected chi connectivity index (χ1v) is 9.63. The Kier molecular flexibility index (Phi) is 6.39. The third-order valence-corrected chi connectivity index (χ3v) is 5.16. The highest BCUT2D eigenvalue weighted by molar-refractivity contribution is 7.15. The Labute approximate surface area is 164 Å². The molecule has 26 heavy (non-hydrogen) atoms. The third kappa shape index (κ3) is 5.52. The van der Waals surface area contributed by atoms with Crippen molar-refractivity contribution in [3.05, 3.63) is 50.2 Å². The Hall–Kier alpha value is -1.96. The maximum Gasteiger partial charge on any atom is 0.348 e. The van der Waals surface area contributed by atoms with Gasteiger partial charge in [-0.2, -0.15) is 0 Å². The number of aromatic carboxylic acids is 1. The average molecular weight is 390 g/mol. The van der Waals surface area contributed by atoms with Crippen molar-refractivity contribution in [2.24, 2.45) is 5.41 Å². The summed E-state index contributed by atoms with van der Waals surface area (Å²) in [6.07, 6.45) is 0.817. The Morgan fingerprint density at radius 2 is 2.00 bits per heavy atom. The number of halogens is 1. The van der Waals surface area contributed by atoms with Crippen LogP contribution in [0.15, 0.2) is 24.3 Å². The van der Waals surface area contributed by atoms with Crippen LogP contribution in [0, 0.1) is 24.2 Å². The topological polar surface area (TPSA) is 40.5 Å². The summed E-state index contributed by atoms with van der Waals surface area (Å²) in [5, 5.41) is 10.3. The zero-order valence-corrected chi connectivity index (χ0v) is 17.4. The highest BCUT2D eigenvalue weighted by atomic mass is 35.5. The molecule has 0 saturated carbocycles. The molecule has 0 unspecified atom stereocenters. The predicted molar refractivity (Wildman–Crippen MR) is 111 cm³/mol. The number of thiophene rings is 1. The summed E-state index contributed by atoms with van der Waals surface area (Å²) in [6.45, 7) is 8.86. The fourth-order valence-corrected chi connectivity index (χ4v) is 3.60. The molecule has 0 saturated heterocycles. The molecule has 2 aromatic rings. The number of carbonyl (C=O) groups is 1.